The minimum atomic E-state index is -0.116. The maximum Gasteiger partial charge on any atom is 0.242 e. The third-order valence-electron chi connectivity index (χ3n) is 4.27. The number of benzene rings is 1. The summed E-state index contributed by atoms with van der Waals surface area (Å²) < 4.78 is 5.95. The van der Waals surface area contributed by atoms with E-state index >= 15 is 0 Å². The van der Waals surface area contributed by atoms with Crippen LogP contribution in [0.5, 0.6) is 0 Å². The lowest BCUT2D eigenvalue weighted by molar-refractivity contribution is -0.140. The third kappa shape index (κ3) is 5.66. The molecule has 1 aromatic carbocycles. The van der Waals surface area contributed by atoms with Gasteiger partial charge in [-0.3, -0.25) is 9.59 Å². The van der Waals surface area contributed by atoms with E-state index in [1.54, 1.807) is 11.9 Å². The van der Waals surface area contributed by atoms with Crippen molar-refractivity contribution in [1.29, 1.82) is 0 Å². The number of rotatable bonds is 7. The molecule has 0 unspecified atom stereocenters. The standard InChI is InChI=1S/C18H23N5O3S2/c1-13-5-3-4-6-14(13)19-17-20-21-18(28-17)27-12-16(25)22(2)11-15(24)23-7-9-26-10-8-23/h3-6H,7-12H2,1-2H3,(H,19,20). The van der Waals surface area contributed by atoms with Crippen LogP contribution in [-0.2, 0) is 14.3 Å². The lowest BCUT2D eigenvalue weighted by Gasteiger charge is -2.28. The van der Waals surface area contributed by atoms with Gasteiger partial charge in [0.1, 0.15) is 0 Å². The van der Waals surface area contributed by atoms with Crippen molar-refractivity contribution in [2.45, 2.75) is 11.3 Å². The molecule has 10 heteroatoms. The number of nitrogens with one attached hydrogen (secondary N) is 1. The molecule has 2 amide bonds. The summed E-state index contributed by atoms with van der Waals surface area (Å²) in [6.07, 6.45) is 0. The Morgan fingerprint density at radius 2 is 2.04 bits per heavy atom. The van der Waals surface area contributed by atoms with Gasteiger partial charge in [-0.05, 0) is 18.6 Å². The fourth-order valence-electron chi connectivity index (χ4n) is 2.58. The lowest BCUT2D eigenvalue weighted by atomic mass is 10.2. The van der Waals surface area contributed by atoms with Crippen molar-refractivity contribution < 1.29 is 14.3 Å². The maximum atomic E-state index is 12.3. The highest BCUT2D eigenvalue weighted by atomic mass is 32.2. The molecule has 8 nitrogen and oxygen atoms in total. The smallest absolute Gasteiger partial charge is 0.242 e. The second kappa shape index (κ2) is 9.85. The molecule has 28 heavy (non-hydrogen) atoms. The van der Waals surface area contributed by atoms with Crippen LogP contribution in [0.2, 0.25) is 0 Å². The Morgan fingerprint density at radius 3 is 2.79 bits per heavy atom. The van der Waals surface area contributed by atoms with E-state index < -0.39 is 0 Å². The van der Waals surface area contributed by atoms with Crippen molar-refractivity contribution in [3.05, 3.63) is 29.8 Å². The summed E-state index contributed by atoms with van der Waals surface area (Å²) in [4.78, 5) is 27.7. The van der Waals surface area contributed by atoms with E-state index in [2.05, 4.69) is 15.5 Å². The van der Waals surface area contributed by atoms with Crippen molar-refractivity contribution >= 4 is 45.7 Å². The van der Waals surface area contributed by atoms with Crippen LogP contribution in [0.15, 0.2) is 28.6 Å². The van der Waals surface area contributed by atoms with Gasteiger partial charge in [0.05, 0.1) is 25.5 Å². The molecule has 0 radical (unpaired) electrons. The van der Waals surface area contributed by atoms with Crippen molar-refractivity contribution in [2.75, 3.05) is 51.0 Å². The fraction of sp³-hybridized carbons (Fsp3) is 0.444. The first kappa shape index (κ1) is 20.6. The number of anilines is 2. The third-order valence-corrected chi connectivity index (χ3v) is 6.23. The summed E-state index contributed by atoms with van der Waals surface area (Å²) >= 11 is 2.72. The summed E-state index contributed by atoms with van der Waals surface area (Å²) in [6, 6.07) is 7.94. The second-order valence-electron chi connectivity index (χ2n) is 6.34. The maximum absolute atomic E-state index is 12.3. The number of carbonyl (C=O) groups excluding carboxylic acids is 2. The predicted octanol–water partition coefficient (Wildman–Crippen LogP) is 2.00. The Labute approximate surface area is 172 Å². The summed E-state index contributed by atoms with van der Waals surface area (Å²) in [5.74, 6) is 0.0475. The van der Waals surface area contributed by atoms with E-state index in [1.807, 2.05) is 31.2 Å². The molecule has 2 aromatic rings. The van der Waals surface area contributed by atoms with Gasteiger partial charge in [-0.25, -0.2) is 0 Å². The Bertz CT molecular complexity index is 823. The number of carbonyl (C=O) groups is 2. The first-order valence-corrected chi connectivity index (χ1v) is 10.7. The highest BCUT2D eigenvalue weighted by Crippen LogP contribution is 2.28. The zero-order valence-electron chi connectivity index (χ0n) is 15.9. The van der Waals surface area contributed by atoms with Crippen molar-refractivity contribution in [3.8, 4) is 0 Å². The van der Waals surface area contributed by atoms with Gasteiger partial charge < -0.3 is 19.9 Å². The van der Waals surface area contributed by atoms with Gasteiger partial charge in [0.25, 0.3) is 0 Å². The predicted molar refractivity (Wildman–Crippen MR) is 110 cm³/mol. The summed E-state index contributed by atoms with van der Waals surface area (Å²) in [5, 5.41) is 12.2. The molecule has 3 rings (SSSR count). The minimum Gasteiger partial charge on any atom is -0.378 e. The van der Waals surface area contributed by atoms with Crippen LogP contribution in [0.1, 0.15) is 5.56 Å². The number of nitrogens with zero attached hydrogens (tertiary/aromatic N) is 4. The Balaban J connectivity index is 1.46. The van der Waals surface area contributed by atoms with Crippen LogP contribution in [0.3, 0.4) is 0 Å². The molecule has 1 aliphatic rings. The Morgan fingerprint density at radius 1 is 1.29 bits per heavy atom. The average Bonchev–Trinajstić information content (AvgIpc) is 3.16. The number of likely N-dealkylation sites (N-methyl/N-ethyl adjacent to an activating group) is 1. The van der Waals surface area contributed by atoms with E-state index in [4.69, 9.17) is 4.74 Å². The minimum absolute atomic E-state index is 0.0511. The molecule has 1 saturated heterocycles. The summed E-state index contributed by atoms with van der Waals surface area (Å²) in [5.41, 5.74) is 2.10. The van der Waals surface area contributed by atoms with Crippen LogP contribution in [-0.4, -0.2) is 77.5 Å². The molecule has 0 atom stereocenters. The molecule has 1 aliphatic heterocycles. The highest BCUT2D eigenvalue weighted by Gasteiger charge is 2.20. The van der Waals surface area contributed by atoms with Gasteiger partial charge in [0.2, 0.25) is 16.9 Å². The van der Waals surface area contributed by atoms with E-state index in [-0.39, 0.29) is 24.1 Å². The lowest BCUT2D eigenvalue weighted by Crippen LogP contribution is -2.46. The van der Waals surface area contributed by atoms with E-state index in [0.29, 0.717) is 35.8 Å². The van der Waals surface area contributed by atoms with E-state index in [9.17, 15) is 9.59 Å². The number of amides is 2. The number of ether oxygens (including phenoxy) is 1. The van der Waals surface area contributed by atoms with Crippen LogP contribution in [0.4, 0.5) is 10.8 Å². The highest BCUT2D eigenvalue weighted by molar-refractivity contribution is 8.01. The van der Waals surface area contributed by atoms with Crippen LogP contribution < -0.4 is 5.32 Å². The normalized spacial score (nSPS) is 14.0. The second-order valence-corrected chi connectivity index (χ2v) is 8.54. The summed E-state index contributed by atoms with van der Waals surface area (Å²) in [6.45, 7) is 4.36. The van der Waals surface area contributed by atoms with Gasteiger partial charge in [0, 0.05) is 25.8 Å². The van der Waals surface area contributed by atoms with Gasteiger partial charge in [-0.2, -0.15) is 0 Å². The van der Waals surface area contributed by atoms with Crippen LogP contribution in [0.25, 0.3) is 0 Å². The average molecular weight is 422 g/mol. The molecule has 0 saturated carbocycles. The molecule has 0 bridgehead atoms. The van der Waals surface area contributed by atoms with E-state index in [0.717, 1.165) is 11.3 Å². The monoisotopic (exact) mass is 421 g/mol. The molecule has 1 fully saturated rings. The number of thioether (sulfide) groups is 1. The molecule has 0 spiro atoms. The number of morpholine rings is 1. The summed E-state index contributed by atoms with van der Waals surface area (Å²) in [7, 11) is 1.65. The molecular formula is C18H23N5O3S2. The SMILES string of the molecule is Cc1ccccc1Nc1nnc(SCC(=O)N(C)CC(=O)N2CCOCC2)s1. The Hall–Kier alpha value is -2.17. The van der Waals surface area contributed by atoms with E-state index in [1.165, 1.54) is 28.0 Å². The van der Waals surface area contributed by atoms with Crippen LogP contribution >= 0.6 is 23.1 Å². The molecular weight excluding hydrogens is 398 g/mol. The number of hydrogen-bond donors (Lipinski definition) is 1. The molecule has 1 N–H and O–H groups in total. The van der Waals surface area contributed by atoms with Crippen molar-refractivity contribution in [3.63, 3.8) is 0 Å². The van der Waals surface area contributed by atoms with Crippen LogP contribution in [0, 0.1) is 6.92 Å². The largest absolute Gasteiger partial charge is 0.378 e. The number of aromatic nitrogens is 2. The van der Waals surface area contributed by atoms with Crippen molar-refractivity contribution in [2.24, 2.45) is 0 Å². The van der Waals surface area contributed by atoms with Gasteiger partial charge >= 0.3 is 0 Å². The molecule has 150 valence electrons. The quantitative estimate of drug-likeness (QED) is 0.684. The molecule has 2 heterocycles. The fourth-order valence-corrected chi connectivity index (χ4v) is 4.29. The molecule has 1 aromatic heterocycles. The zero-order chi connectivity index (χ0) is 19.9. The first-order valence-electron chi connectivity index (χ1n) is 8.91. The topological polar surface area (TPSA) is 87.7 Å². The van der Waals surface area contributed by atoms with Gasteiger partial charge in [0.15, 0.2) is 4.34 Å². The number of para-hydroxylation sites is 1. The number of aryl methyl sites for hydroxylation is 1. The first-order chi connectivity index (χ1) is 13.5. The zero-order valence-corrected chi connectivity index (χ0v) is 17.5. The van der Waals surface area contributed by atoms with Gasteiger partial charge in [-0.15, -0.1) is 10.2 Å². The van der Waals surface area contributed by atoms with Gasteiger partial charge in [-0.1, -0.05) is 41.3 Å². The number of hydrogen-bond acceptors (Lipinski definition) is 8. The van der Waals surface area contributed by atoms with Crippen molar-refractivity contribution in [1.82, 2.24) is 20.0 Å². The Kier molecular flexibility index (Phi) is 7.24. The molecule has 0 aliphatic carbocycles.